The van der Waals surface area contributed by atoms with E-state index in [2.05, 4.69) is 46.1 Å². The van der Waals surface area contributed by atoms with Crippen molar-refractivity contribution in [2.75, 3.05) is 7.11 Å². The summed E-state index contributed by atoms with van der Waals surface area (Å²) in [5, 5.41) is 10.5. The third kappa shape index (κ3) is 2.39. The number of methoxy groups -OCH3 is 1. The molecule has 2 aromatic heterocycles. The van der Waals surface area contributed by atoms with Gasteiger partial charge in [0.25, 0.3) is 0 Å². The van der Waals surface area contributed by atoms with E-state index in [1.165, 1.54) is 0 Å². The maximum Gasteiger partial charge on any atom is 0.249 e. The van der Waals surface area contributed by atoms with Crippen LogP contribution in [0.15, 0.2) is 22.4 Å². The summed E-state index contributed by atoms with van der Waals surface area (Å²) in [6, 6.07) is 0. The molecule has 110 valence electrons. The lowest BCUT2D eigenvalue weighted by atomic mass is 10.2. The van der Waals surface area contributed by atoms with Gasteiger partial charge in [0.15, 0.2) is 0 Å². The SMILES string of the molecule is CCc1nnc(-c2cn(CC)c3c2=CCC=C(OC)C=3)o1. The maximum atomic E-state index is 5.72. The second-order valence-corrected chi connectivity index (χ2v) is 4.88. The molecule has 0 unspecified atom stereocenters. The van der Waals surface area contributed by atoms with E-state index in [4.69, 9.17) is 9.15 Å². The molecular weight excluding hydrogens is 266 g/mol. The predicted molar refractivity (Wildman–Crippen MR) is 80.7 cm³/mol. The molecule has 1 aliphatic rings. The van der Waals surface area contributed by atoms with E-state index in [0.29, 0.717) is 11.8 Å². The van der Waals surface area contributed by atoms with Crippen molar-refractivity contribution >= 4 is 12.2 Å². The van der Waals surface area contributed by atoms with Crippen molar-refractivity contribution in [1.29, 1.82) is 0 Å². The quantitative estimate of drug-likeness (QED) is 0.856. The minimum absolute atomic E-state index is 0.584. The summed E-state index contributed by atoms with van der Waals surface area (Å²) in [4.78, 5) is 0. The van der Waals surface area contributed by atoms with E-state index < -0.39 is 0 Å². The molecule has 0 saturated carbocycles. The number of aromatic nitrogens is 3. The van der Waals surface area contributed by atoms with Crippen molar-refractivity contribution in [1.82, 2.24) is 14.8 Å². The molecule has 5 nitrogen and oxygen atoms in total. The van der Waals surface area contributed by atoms with Gasteiger partial charge in [-0.05, 0) is 19.4 Å². The minimum atomic E-state index is 0.584. The summed E-state index contributed by atoms with van der Waals surface area (Å²) in [5.41, 5.74) is 0.987. The lowest BCUT2D eigenvalue weighted by molar-refractivity contribution is 0.312. The zero-order chi connectivity index (χ0) is 14.8. The van der Waals surface area contributed by atoms with Crippen LogP contribution in [0, 0.1) is 0 Å². The average Bonchev–Trinajstić information content (AvgIpc) is 3.05. The molecule has 21 heavy (non-hydrogen) atoms. The molecule has 2 heterocycles. The Morgan fingerprint density at radius 1 is 1.29 bits per heavy atom. The van der Waals surface area contributed by atoms with Gasteiger partial charge in [-0.1, -0.05) is 13.0 Å². The Labute approximate surface area is 123 Å². The third-order valence-electron chi connectivity index (χ3n) is 3.66. The average molecular weight is 285 g/mol. The van der Waals surface area contributed by atoms with Gasteiger partial charge < -0.3 is 13.7 Å². The van der Waals surface area contributed by atoms with E-state index >= 15 is 0 Å². The Kier molecular flexibility index (Phi) is 3.64. The molecule has 0 aliphatic heterocycles. The Morgan fingerprint density at radius 2 is 2.14 bits per heavy atom. The highest BCUT2D eigenvalue weighted by Gasteiger charge is 2.14. The fourth-order valence-electron chi connectivity index (χ4n) is 2.53. The van der Waals surface area contributed by atoms with E-state index in [1.54, 1.807) is 7.11 Å². The van der Waals surface area contributed by atoms with E-state index in [9.17, 15) is 0 Å². The lowest BCUT2D eigenvalue weighted by Crippen LogP contribution is -2.29. The Morgan fingerprint density at radius 3 is 2.81 bits per heavy atom. The summed E-state index contributed by atoms with van der Waals surface area (Å²) in [5.74, 6) is 2.13. The van der Waals surface area contributed by atoms with Crippen molar-refractivity contribution in [3.63, 3.8) is 0 Å². The van der Waals surface area contributed by atoms with Gasteiger partial charge in [0.1, 0.15) is 5.76 Å². The molecule has 0 fully saturated rings. The third-order valence-corrected chi connectivity index (χ3v) is 3.66. The molecule has 0 spiro atoms. The van der Waals surface area contributed by atoms with Crippen LogP contribution in [0.5, 0.6) is 0 Å². The number of hydrogen-bond donors (Lipinski definition) is 0. The highest BCUT2D eigenvalue weighted by Crippen LogP contribution is 2.14. The van der Waals surface area contributed by atoms with Crippen molar-refractivity contribution in [2.24, 2.45) is 0 Å². The molecule has 5 heteroatoms. The molecule has 3 rings (SSSR count). The highest BCUT2D eigenvalue weighted by atomic mass is 16.5. The molecule has 0 aromatic carbocycles. The topological polar surface area (TPSA) is 53.1 Å². The monoisotopic (exact) mass is 285 g/mol. The summed E-state index contributed by atoms with van der Waals surface area (Å²) < 4.78 is 13.3. The Hall–Kier alpha value is -2.30. The summed E-state index contributed by atoms with van der Waals surface area (Å²) in [7, 11) is 1.69. The molecule has 2 aromatic rings. The van der Waals surface area contributed by atoms with Crippen LogP contribution in [0.2, 0.25) is 0 Å². The van der Waals surface area contributed by atoms with Gasteiger partial charge in [0.2, 0.25) is 11.8 Å². The Bertz CT molecular complexity index is 796. The van der Waals surface area contributed by atoms with Crippen molar-refractivity contribution in [3.05, 3.63) is 34.5 Å². The van der Waals surface area contributed by atoms with E-state index in [0.717, 1.165) is 41.3 Å². The number of fused-ring (bicyclic) bond motifs is 1. The van der Waals surface area contributed by atoms with E-state index in [-0.39, 0.29) is 0 Å². The molecule has 0 N–H and O–H groups in total. The van der Waals surface area contributed by atoms with Crippen LogP contribution >= 0.6 is 0 Å². The molecule has 0 saturated heterocycles. The number of ether oxygens (including phenoxy) is 1. The van der Waals surface area contributed by atoms with Crippen LogP contribution in [0.3, 0.4) is 0 Å². The van der Waals surface area contributed by atoms with Crippen molar-refractivity contribution in [2.45, 2.75) is 33.2 Å². The summed E-state index contributed by atoms with van der Waals surface area (Å²) in [6.07, 6.45) is 9.94. The molecular formula is C16H19N3O2. The van der Waals surface area contributed by atoms with Crippen LogP contribution in [0.4, 0.5) is 0 Å². The number of nitrogens with zero attached hydrogens (tertiary/aromatic N) is 3. The Balaban J connectivity index is 2.22. The van der Waals surface area contributed by atoms with Gasteiger partial charge in [-0.15, -0.1) is 10.2 Å². The van der Waals surface area contributed by atoms with Gasteiger partial charge in [0.05, 0.1) is 18.0 Å². The van der Waals surface area contributed by atoms with Gasteiger partial charge in [0, 0.05) is 30.5 Å². The van der Waals surface area contributed by atoms with Crippen LogP contribution in [0.1, 0.15) is 26.2 Å². The lowest BCUT2D eigenvalue weighted by Gasteiger charge is -2.00. The van der Waals surface area contributed by atoms with Gasteiger partial charge in [-0.2, -0.15) is 0 Å². The fraction of sp³-hybridized carbons (Fsp3) is 0.375. The number of hydrogen-bond acceptors (Lipinski definition) is 4. The van der Waals surface area contributed by atoms with Crippen molar-refractivity contribution < 1.29 is 9.15 Å². The van der Waals surface area contributed by atoms with Gasteiger partial charge in [-0.3, -0.25) is 0 Å². The standard InChI is InChI=1S/C16H19N3O2/c1-4-15-17-18-16(21-15)13-10-19(5-2)14-9-11(20-3)7-6-8-12(13)14/h7-10H,4-6H2,1-3H3. The number of aryl methyl sites for hydroxylation is 2. The van der Waals surface area contributed by atoms with Crippen molar-refractivity contribution in [3.8, 4) is 11.5 Å². The molecule has 0 bridgehead atoms. The second kappa shape index (κ2) is 5.60. The number of allylic oxidation sites excluding steroid dienone is 2. The normalized spacial score (nSPS) is 13.8. The fourth-order valence-corrected chi connectivity index (χ4v) is 2.53. The van der Waals surface area contributed by atoms with Crippen LogP contribution in [0.25, 0.3) is 23.6 Å². The van der Waals surface area contributed by atoms with Gasteiger partial charge in [-0.25, -0.2) is 0 Å². The van der Waals surface area contributed by atoms with Crippen LogP contribution < -0.4 is 10.6 Å². The largest absolute Gasteiger partial charge is 0.497 e. The maximum absolute atomic E-state index is 5.72. The first-order chi connectivity index (χ1) is 10.3. The molecule has 0 atom stereocenters. The van der Waals surface area contributed by atoms with Gasteiger partial charge >= 0.3 is 0 Å². The van der Waals surface area contributed by atoms with Crippen LogP contribution in [-0.2, 0) is 17.7 Å². The summed E-state index contributed by atoms with van der Waals surface area (Å²) >= 11 is 0. The smallest absolute Gasteiger partial charge is 0.249 e. The molecule has 0 amide bonds. The zero-order valence-electron chi connectivity index (χ0n) is 12.6. The zero-order valence-corrected chi connectivity index (χ0v) is 12.6. The van der Waals surface area contributed by atoms with E-state index in [1.807, 2.05) is 6.92 Å². The number of rotatable bonds is 4. The second-order valence-electron chi connectivity index (χ2n) is 4.88. The first-order valence-corrected chi connectivity index (χ1v) is 7.24. The minimum Gasteiger partial charge on any atom is -0.497 e. The highest BCUT2D eigenvalue weighted by molar-refractivity contribution is 5.60. The first-order valence-electron chi connectivity index (χ1n) is 7.24. The van der Waals surface area contributed by atoms with Crippen LogP contribution in [-0.4, -0.2) is 21.9 Å². The first kappa shape index (κ1) is 13.7. The molecule has 0 radical (unpaired) electrons. The molecule has 1 aliphatic carbocycles. The summed E-state index contributed by atoms with van der Waals surface area (Å²) in [6.45, 7) is 4.99. The predicted octanol–water partition coefficient (Wildman–Crippen LogP) is 1.62.